The first-order chi connectivity index (χ1) is 11.1. The average molecular weight is 342 g/mol. The molecule has 4 aromatic rings. The van der Waals surface area contributed by atoms with E-state index < -0.39 is 0 Å². The average Bonchev–Trinajstić information content (AvgIpc) is 3.24. The van der Waals surface area contributed by atoms with Gasteiger partial charge in [-0.05, 0) is 43.3 Å². The van der Waals surface area contributed by atoms with E-state index in [1.165, 1.54) is 16.9 Å². The Balaban J connectivity index is 1.90. The number of fused-ring (bicyclic) bond motifs is 1. The number of aromatic nitrogens is 3. The number of thiophene rings is 2. The fraction of sp³-hybridized carbons (Fsp3) is 0.188. The van der Waals surface area contributed by atoms with Gasteiger partial charge in [-0.1, -0.05) is 11.2 Å². The lowest BCUT2D eigenvalue weighted by Crippen LogP contribution is -1.94. The molecular weight excluding hydrogens is 328 g/mol. The summed E-state index contributed by atoms with van der Waals surface area (Å²) in [5.74, 6) is 1.03. The molecule has 0 aromatic carbocycles. The maximum Gasteiger partial charge on any atom is 0.268 e. The first-order valence-corrected chi connectivity index (χ1v) is 8.79. The van der Waals surface area contributed by atoms with Crippen LogP contribution in [0.1, 0.15) is 16.8 Å². The van der Waals surface area contributed by atoms with E-state index in [-0.39, 0.29) is 0 Å². The van der Waals surface area contributed by atoms with E-state index in [0.717, 1.165) is 31.2 Å². The van der Waals surface area contributed by atoms with E-state index in [1.54, 1.807) is 11.3 Å². The Bertz CT molecular complexity index is 1010. The van der Waals surface area contributed by atoms with E-state index in [0.29, 0.717) is 17.4 Å². The predicted molar refractivity (Wildman–Crippen MR) is 94.8 cm³/mol. The number of nitrogens with two attached hydrogens (primary N) is 1. The highest BCUT2D eigenvalue weighted by Crippen LogP contribution is 2.41. The molecule has 0 bridgehead atoms. The molecule has 0 spiro atoms. The zero-order valence-electron chi connectivity index (χ0n) is 12.9. The third-order valence-corrected chi connectivity index (χ3v) is 5.99. The lowest BCUT2D eigenvalue weighted by Gasteiger charge is -2.05. The number of rotatable bonds is 2. The van der Waals surface area contributed by atoms with Gasteiger partial charge in [0, 0.05) is 11.1 Å². The van der Waals surface area contributed by atoms with Crippen molar-refractivity contribution in [3.05, 3.63) is 34.3 Å². The number of aryl methyl sites for hydroxylation is 2. The largest absolute Gasteiger partial charge is 0.397 e. The number of nitrogen functional groups attached to an aromatic ring is 1. The number of hydrogen-bond acceptors (Lipinski definition) is 7. The van der Waals surface area contributed by atoms with Crippen LogP contribution in [0.2, 0.25) is 0 Å². The zero-order chi connectivity index (χ0) is 16.1. The van der Waals surface area contributed by atoms with Gasteiger partial charge in [-0.15, -0.1) is 22.7 Å². The van der Waals surface area contributed by atoms with E-state index in [1.807, 2.05) is 24.4 Å². The van der Waals surface area contributed by atoms with Crippen LogP contribution in [-0.4, -0.2) is 15.1 Å². The minimum Gasteiger partial charge on any atom is -0.397 e. The smallest absolute Gasteiger partial charge is 0.268 e. The lowest BCUT2D eigenvalue weighted by molar-refractivity contribution is 0.433. The van der Waals surface area contributed by atoms with Crippen molar-refractivity contribution < 1.29 is 4.52 Å². The summed E-state index contributed by atoms with van der Waals surface area (Å²) in [5.41, 5.74) is 10.4. The molecule has 4 aromatic heterocycles. The minimum atomic E-state index is 0.517. The van der Waals surface area contributed by atoms with Gasteiger partial charge in [-0.3, -0.25) is 0 Å². The first kappa shape index (κ1) is 14.3. The number of nitrogens with zero attached hydrogens (tertiary/aromatic N) is 3. The monoisotopic (exact) mass is 342 g/mol. The first-order valence-electron chi connectivity index (χ1n) is 7.10. The summed E-state index contributed by atoms with van der Waals surface area (Å²) in [6, 6.07) is 3.91. The predicted octanol–water partition coefficient (Wildman–Crippen LogP) is 4.58. The summed E-state index contributed by atoms with van der Waals surface area (Å²) in [5, 5.41) is 7.07. The molecule has 0 fully saturated rings. The molecule has 4 rings (SSSR count). The highest BCUT2D eigenvalue weighted by atomic mass is 32.1. The maximum absolute atomic E-state index is 6.37. The molecule has 0 radical (unpaired) electrons. The third kappa shape index (κ3) is 2.15. The van der Waals surface area contributed by atoms with Crippen LogP contribution in [-0.2, 0) is 0 Å². The van der Waals surface area contributed by atoms with E-state index >= 15 is 0 Å². The third-order valence-electron chi connectivity index (χ3n) is 4.04. The van der Waals surface area contributed by atoms with Crippen molar-refractivity contribution in [3.8, 4) is 21.5 Å². The summed E-state index contributed by atoms with van der Waals surface area (Å²) in [4.78, 5) is 11.8. The Morgan fingerprint density at radius 1 is 1.13 bits per heavy atom. The van der Waals surface area contributed by atoms with Crippen LogP contribution in [0.5, 0.6) is 0 Å². The molecule has 0 aliphatic rings. The van der Waals surface area contributed by atoms with Gasteiger partial charge < -0.3 is 10.3 Å². The Morgan fingerprint density at radius 2 is 1.96 bits per heavy atom. The van der Waals surface area contributed by atoms with Crippen molar-refractivity contribution in [1.29, 1.82) is 0 Å². The van der Waals surface area contributed by atoms with Gasteiger partial charge in [-0.25, -0.2) is 4.98 Å². The number of pyridine rings is 1. The number of hydrogen-bond donors (Lipinski definition) is 1. The van der Waals surface area contributed by atoms with Gasteiger partial charge in [0.1, 0.15) is 9.71 Å². The molecule has 0 unspecified atom stereocenters. The van der Waals surface area contributed by atoms with Crippen LogP contribution < -0.4 is 5.73 Å². The molecule has 0 saturated carbocycles. The second kappa shape index (κ2) is 5.14. The summed E-state index contributed by atoms with van der Waals surface area (Å²) in [6.45, 7) is 6.16. The molecular formula is C16H14N4OS2. The molecule has 5 nitrogen and oxygen atoms in total. The van der Waals surface area contributed by atoms with Gasteiger partial charge in [0.05, 0.1) is 10.6 Å². The lowest BCUT2D eigenvalue weighted by atomic mass is 10.1. The van der Waals surface area contributed by atoms with Crippen molar-refractivity contribution in [1.82, 2.24) is 15.1 Å². The Labute approximate surface area is 140 Å². The van der Waals surface area contributed by atoms with E-state index in [4.69, 9.17) is 10.3 Å². The molecule has 23 heavy (non-hydrogen) atoms. The van der Waals surface area contributed by atoms with Gasteiger partial charge in [0.2, 0.25) is 5.82 Å². The van der Waals surface area contributed by atoms with Crippen LogP contribution >= 0.6 is 22.7 Å². The molecule has 4 heterocycles. The van der Waals surface area contributed by atoms with Gasteiger partial charge in [0.25, 0.3) is 5.89 Å². The van der Waals surface area contributed by atoms with E-state index in [2.05, 4.69) is 29.0 Å². The minimum absolute atomic E-state index is 0.517. The Kier molecular flexibility index (Phi) is 3.21. The molecule has 2 N–H and O–H groups in total. The van der Waals surface area contributed by atoms with Crippen LogP contribution in [0.3, 0.4) is 0 Å². The van der Waals surface area contributed by atoms with Crippen LogP contribution in [0, 0.1) is 20.8 Å². The van der Waals surface area contributed by atoms with Crippen LogP contribution in [0.15, 0.2) is 22.0 Å². The SMILES string of the molecule is Cc1nc2sc(-c3noc(-c4cccs4)n3)c(N)c2c(C)c1C. The normalized spacial score (nSPS) is 11.4. The van der Waals surface area contributed by atoms with Crippen LogP contribution in [0.25, 0.3) is 31.7 Å². The molecule has 116 valence electrons. The highest BCUT2D eigenvalue weighted by Gasteiger charge is 2.20. The van der Waals surface area contributed by atoms with Crippen LogP contribution in [0.4, 0.5) is 5.69 Å². The summed E-state index contributed by atoms with van der Waals surface area (Å²) < 4.78 is 5.37. The van der Waals surface area contributed by atoms with Crippen molar-refractivity contribution in [2.75, 3.05) is 5.73 Å². The second-order valence-corrected chi connectivity index (χ2v) is 7.32. The zero-order valence-corrected chi connectivity index (χ0v) is 14.5. The molecule has 0 amide bonds. The quantitative estimate of drug-likeness (QED) is 0.577. The Hall–Kier alpha value is -2.25. The summed E-state index contributed by atoms with van der Waals surface area (Å²) >= 11 is 3.07. The van der Waals surface area contributed by atoms with Gasteiger partial charge >= 0.3 is 0 Å². The topological polar surface area (TPSA) is 77.8 Å². The van der Waals surface area contributed by atoms with E-state index in [9.17, 15) is 0 Å². The Morgan fingerprint density at radius 3 is 2.70 bits per heavy atom. The maximum atomic E-state index is 6.37. The fourth-order valence-corrected chi connectivity index (χ4v) is 4.32. The molecule has 0 aliphatic carbocycles. The van der Waals surface area contributed by atoms with Crippen molar-refractivity contribution in [2.45, 2.75) is 20.8 Å². The van der Waals surface area contributed by atoms with Crippen molar-refractivity contribution in [2.24, 2.45) is 0 Å². The fourth-order valence-electron chi connectivity index (χ4n) is 2.55. The number of anilines is 1. The van der Waals surface area contributed by atoms with Gasteiger partial charge in [0.15, 0.2) is 0 Å². The van der Waals surface area contributed by atoms with Crippen molar-refractivity contribution in [3.63, 3.8) is 0 Å². The molecule has 0 aliphatic heterocycles. The second-order valence-electron chi connectivity index (χ2n) is 5.37. The van der Waals surface area contributed by atoms with Gasteiger partial charge in [-0.2, -0.15) is 4.98 Å². The van der Waals surface area contributed by atoms with Crippen molar-refractivity contribution >= 4 is 38.6 Å². The summed E-state index contributed by atoms with van der Waals surface area (Å²) in [7, 11) is 0. The standard InChI is InChI=1S/C16H14N4OS2/c1-7-8(2)11-12(17)13(23-16(11)18-9(7)3)14-19-15(21-20-14)10-5-4-6-22-10/h4-6H,17H2,1-3H3. The molecule has 7 heteroatoms. The molecule has 0 atom stereocenters. The summed E-state index contributed by atoms with van der Waals surface area (Å²) in [6.07, 6.45) is 0. The highest BCUT2D eigenvalue weighted by molar-refractivity contribution is 7.22. The molecule has 0 saturated heterocycles.